The van der Waals surface area contributed by atoms with Crippen molar-refractivity contribution >= 4 is 16.0 Å². The van der Waals surface area contributed by atoms with E-state index in [1.165, 1.54) is 7.11 Å². The molecule has 1 aliphatic heterocycles. The summed E-state index contributed by atoms with van der Waals surface area (Å²) < 4.78 is 31.6. The van der Waals surface area contributed by atoms with Crippen molar-refractivity contribution in [1.29, 1.82) is 0 Å². The van der Waals surface area contributed by atoms with Crippen LogP contribution < -0.4 is 10.0 Å². The van der Waals surface area contributed by atoms with Gasteiger partial charge in [0.2, 0.25) is 10.0 Å². The number of esters is 1. The van der Waals surface area contributed by atoms with Crippen molar-refractivity contribution in [2.24, 2.45) is 0 Å². The second-order valence-corrected chi connectivity index (χ2v) is 6.47. The number of benzene rings is 1. The minimum absolute atomic E-state index is 0.0784. The third kappa shape index (κ3) is 3.78. The Kier molecular flexibility index (Phi) is 4.74. The molecule has 2 rings (SSSR count). The summed E-state index contributed by atoms with van der Waals surface area (Å²) in [5.41, 5.74) is 0.725. The minimum Gasteiger partial charge on any atom is -0.465 e. The summed E-state index contributed by atoms with van der Waals surface area (Å²) in [4.78, 5) is 11.6. The molecule has 1 saturated heterocycles. The van der Waals surface area contributed by atoms with Crippen LogP contribution >= 0.6 is 0 Å². The maximum absolute atomic E-state index is 12.1. The zero-order valence-electron chi connectivity index (χ0n) is 11.3. The van der Waals surface area contributed by atoms with E-state index >= 15 is 0 Å². The van der Waals surface area contributed by atoms with Gasteiger partial charge in [0.15, 0.2) is 0 Å². The Morgan fingerprint density at radius 3 is 2.85 bits per heavy atom. The van der Waals surface area contributed by atoms with Gasteiger partial charge in [0, 0.05) is 12.6 Å². The second-order valence-electron chi connectivity index (χ2n) is 4.72. The van der Waals surface area contributed by atoms with E-state index in [1.54, 1.807) is 24.3 Å². The van der Waals surface area contributed by atoms with Crippen LogP contribution in [-0.2, 0) is 20.5 Å². The maximum atomic E-state index is 12.1. The highest BCUT2D eigenvalue weighted by Crippen LogP contribution is 2.14. The Balaban J connectivity index is 2.14. The lowest BCUT2D eigenvalue weighted by Crippen LogP contribution is -2.37. The molecule has 0 bridgehead atoms. The molecule has 2 N–H and O–H groups in total. The maximum Gasteiger partial charge on any atom is 0.338 e. The van der Waals surface area contributed by atoms with Crippen LogP contribution in [0.4, 0.5) is 0 Å². The van der Waals surface area contributed by atoms with Gasteiger partial charge in [0.1, 0.15) is 0 Å². The fourth-order valence-electron chi connectivity index (χ4n) is 2.21. The zero-order chi connectivity index (χ0) is 14.6. The lowest BCUT2D eigenvalue weighted by atomic mass is 10.1. The monoisotopic (exact) mass is 298 g/mol. The Bertz CT molecular complexity index is 580. The molecule has 1 unspecified atom stereocenters. The van der Waals surface area contributed by atoms with Gasteiger partial charge in [-0.2, -0.15) is 0 Å². The molecule has 1 aliphatic rings. The van der Waals surface area contributed by atoms with E-state index in [1.807, 2.05) is 0 Å². The Morgan fingerprint density at radius 1 is 1.45 bits per heavy atom. The molecule has 1 heterocycles. The van der Waals surface area contributed by atoms with Crippen molar-refractivity contribution in [3.05, 3.63) is 35.4 Å². The van der Waals surface area contributed by atoms with Gasteiger partial charge in [-0.05, 0) is 24.6 Å². The van der Waals surface area contributed by atoms with Crippen molar-refractivity contribution in [3.63, 3.8) is 0 Å². The molecular weight excluding hydrogens is 280 g/mol. The van der Waals surface area contributed by atoms with E-state index in [0.717, 1.165) is 13.0 Å². The van der Waals surface area contributed by atoms with Crippen LogP contribution in [0.2, 0.25) is 0 Å². The van der Waals surface area contributed by atoms with Crippen molar-refractivity contribution in [2.75, 3.05) is 20.2 Å². The van der Waals surface area contributed by atoms with Gasteiger partial charge in [0.25, 0.3) is 0 Å². The fraction of sp³-hybridized carbons (Fsp3) is 0.462. The van der Waals surface area contributed by atoms with Crippen LogP contribution in [0.1, 0.15) is 22.3 Å². The average Bonchev–Trinajstić information content (AvgIpc) is 2.90. The first-order valence-corrected chi connectivity index (χ1v) is 8.04. The van der Waals surface area contributed by atoms with Gasteiger partial charge in [-0.25, -0.2) is 17.9 Å². The molecule has 7 heteroatoms. The second kappa shape index (κ2) is 6.34. The molecule has 1 aromatic rings. The van der Waals surface area contributed by atoms with E-state index in [4.69, 9.17) is 0 Å². The molecule has 0 spiro atoms. The van der Waals surface area contributed by atoms with Crippen molar-refractivity contribution in [1.82, 2.24) is 10.0 Å². The van der Waals surface area contributed by atoms with Crippen LogP contribution in [0, 0.1) is 0 Å². The summed E-state index contributed by atoms with van der Waals surface area (Å²) in [7, 11) is -2.21. The summed E-state index contributed by atoms with van der Waals surface area (Å²) in [6.07, 6.45) is 0.776. The van der Waals surface area contributed by atoms with Crippen molar-refractivity contribution in [3.8, 4) is 0 Å². The summed E-state index contributed by atoms with van der Waals surface area (Å²) in [5.74, 6) is -0.757. The first kappa shape index (κ1) is 15.0. The summed E-state index contributed by atoms with van der Waals surface area (Å²) in [5, 5.41) is 3.10. The number of sulfonamides is 1. The van der Waals surface area contributed by atoms with E-state index in [-0.39, 0.29) is 17.4 Å². The third-order valence-electron chi connectivity index (χ3n) is 3.17. The number of rotatable bonds is 5. The zero-order valence-corrected chi connectivity index (χ0v) is 12.1. The smallest absolute Gasteiger partial charge is 0.338 e. The summed E-state index contributed by atoms with van der Waals surface area (Å²) >= 11 is 0. The number of ether oxygens (including phenoxy) is 1. The topological polar surface area (TPSA) is 84.5 Å². The van der Waals surface area contributed by atoms with E-state index in [9.17, 15) is 13.2 Å². The van der Waals surface area contributed by atoms with Crippen molar-refractivity contribution in [2.45, 2.75) is 18.2 Å². The molecule has 20 heavy (non-hydrogen) atoms. The number of methoxy groups -OCH3 is 1. The van der Waals surface area contributed by atoms with Crippen LogP contribution in [-0.4, -0.2) is 40.6 Å². The molecule has 0 radical (unpaired) electrons. The fourth-order valence-corrected chi connectivity index (χ4v) is 3.66. The molecule has 0 aromatic heterocycles. The molecule has 0 saturated carbocycles. The largest absolute Gasteiger partial charge is 0.465 e. The van der Waals surface area contributed by atoms with Gasteiger partial charge in [-0.15, -0.1) is 0 Å². The SMILES string of the molecule is COC(=O)c1ccccc1CS(=O)(=O)NC1CCNC1. The minimum atomic E-state index is -3.48. The number of hydrogen-bond donors (Lipinski definition) is 2. The first-order valence-electron chi connectivity index (χ1n) is 6.39. The van der Waals surface area contributed by atoms with E-state index in [2.05, 4.69) is 14.8 Å². The molecule has 1 aromatic carbocycles. The predicted molar refractivity (Wildman–Crippen MR) is 74.8 cm³/mol. The van der Waals surface area contributed by atoms with Crippen molar-refractivity contribution < 1.29 is 17.9 Å². The van der Waals surface area contributed by atoms with E-state index in [0.29, 0.717) is 12.1 Å². The highest BCUT2D eigenvalue weighted by atomic mass is 32.2. The number of carbonyl (C=O) groups excluding carboxylic acids is 1. The van der Waals surface area contributed by atoms with Crippen LogP contribution in [0.15, 0.2) is 24.3 Å². The van der Waals surface area contributed by atoms with Gasteiger partial charge in [-0.3, -0.25) is 0 Å². The molecule has 110 valence electrons. The standard InChI is InChI=1S/C13H18N2O4S/c1-19-13(16)12-5-3-2-4-10(12)9-20(17,18)15-11-6-7-14-8-11/h2-5,11,14-15H,6-9H2,1H3. The van der Waals surface area contributed by atoms with Gasteiger partial charge in [0.05, 0.1) is 18.4 Å². The Morgan fingerprint density at radius 2 is 2.20 bits per heavy atom. The van der Waals surface area contributed by atoms with Gasteiger partial charge in [-0.1, -0.05) is 18.2 Å². The lowest BCUT2D eigenvalue weighted by Gasteiger charge is -2.13. The van der Waals surface area contributed by atoms with Crippen LogP contribution in [0.25, 0.3) is 0 Å². The average molecular weight is 298 g/mol. The van der Waals surface area contributed by atoms with E-state index < -0.39 is 16.0 Å². The first-order chi connectivity index (χ1) is 9.52. The normalized spacial score (nSPS) is 18.9. The molecule has 0 aliphatic carbocycles. The predicted octanol–water partition coefficient (Wildman–Crippen LogP) is 0.254. The number of carbonyl (C=O) groups is 1. The molecular formula is C13H18N2O4S. The molecule has 1 fully saturated rings. The number of hydrogen-bond acceptors (Lipinski definition) is 5. The molecule has 1 atom stereocenters. The highest BCUT2D eigenvalue weighted by Gasteiger charge is 2.23. The summed E-state index contributed by atoms with van der Waals surface area (Å²) in [6.45, 7) is 1.45. The number of nitrogens with one attached hydrogen (secondary N) is 2. The Hall–Kier alpha value is -1.44. The van der Waals surface area contributed by atoms with Gasteiger partial charge >= 0.3 is 5.97 Å². The third-order valence-corrected chi connectivity index (χ3v) is 4.56. The van der Waals surface area contributed by atoms with Crippen LogP contribution in [0.5, 0.6) is 0 Å². The lowest BCUT2D eigenvalue weighted by molar-refractivity contribution is 0.0600. The van der Waals surface area contributed by atoms with Gasteiger partial charge < -0.3 is 10.1 Å². The molecule has 0 amide bonds. The highest BCUT2D eigenvalue weighted by molar-refractivity contribution is 7.88. The van der Waals surface area contributed by atoms with Crippen LogP contribution in [0.3, 0.4) is 0 Å². The quantitative estimate of drug-likeness (QED) is 0.762. The Labute approximate surface area is 118 Å². The molecule has 6 nitrogen and oxygen atoms in total. The summed E-state index contributed by atoms with van der Waals surface area (Å²) in [6, 6.07) is 6.49.